The molecule has 3 aromatic rings. The van der Waals surface area contributed by atoms with Gasteiger partial charge < -0.3 is 13.9 Å². The Morgan fingerprint density at radius 2 is 1.82 bits per heavy atom. The molecule has 0 aliphatic heterocycles. The molecule has 1 N–H and O–H groups in total. The summed E-state index contributed by atoms with van der Waals surface area (Å²) in [7, 11) is 3.12. The second kappa shape index (κ2) is 9.23. The predicted molar refractivity (Wildman–Crippen MR) is 111 cm³/mol. The van der Waals surface area contributed by atoms with Crippen molar-refractivity contribution in [1.82, 2.24) is 5.43 Å². The monoisotopic (exact) mass is 442 g/mol. The molecular formula is C21H19BrN2O4. The number of carbonyl (C=O) groups excluding carboxylic acids is 1. The molecule has 0 aliphatic carbocycles. The standard InChI is InChI=1S/C21H19BrN2O4/c1-26-19-9-3-14(11-20(19)27-2)12-21(25)24-23-13-17-8-10-18(28-17)15-4-6-16(22)7-5-15/h3-11,13H,12H2,1-2H3,(H,24,25)/b23-13-. The van der Waals surface area contributed by atoms with E-state index in [0.29, 0.717) is 17.3 Å². The Hall–Kier alpha value is -3.06. The molecule has 0 atom stereocenters. The summed E-state index contributed by atoms with van der Waals surface area (Å²) in [6.45, 7) is 0. The summed E-state index contributed by atoms with van der Waals surface area (Å²) >= 11 is 3.40. The van der Waals surface area contributed by atoms with Crippen LogP contribution in [0.5, 0.6) is 11.5 Å². The van der Waals surface area contributed by atoms with Crippen molar-refractivity contribution < 1.29 is 18.7 Å². The number of carbonyl (C=O) groups is 1. The summed E-state index contributed by atoms with van der Waals surface area (Å²) in [5, 5.41) is 3.95. The molecule has 144 valence electrons. The number of furan rings is 1. The summed E-state index contributed by atoms with van der Waals surface area (Å²) in [6.07, 6.45) is 1.63. The Labute approximate surface area is 171 Å². The van der Waals surface area contributed by atoms with Crippen molar-refractivity contribution in [3.8, 4) is 22.8 Å². The van der Waals surface area contributed by atoms with E-state index in [-0.39, 0.29) is 12.3 Å². The van der Waals surface area contributed by atoms with Crippen LogP contribution in [0.15, 0.2) is 68.6 Å². The molecule has 1 amide bonds. The minimum absolute atomic E-state index is 0.167. The van der Waals surface area contributed by atoms with Gasteiger partial charge in [-0.2, -0.15) is 5.10 Å². The van der Waals surface area contributed by atoms with E-state index in [4.69, 9.17) is 13.9 Å². The molecule has 7 heteroatoms. The largest absolute Gasteiger partial charge is 0.493 e. The first-order valence-electron chi connectivity index (χ1n) is 8.47. The van der Waals surface area contributed by atoms with E-state index in [1.54, 1.807) is 32.4 Å². The van der Waals surface area contributed by atoms with E-state index in [9.17, 15) is 4.79 Å². The molecule has 0 spiro atoms. The van der Waals surface area contributed by atoms with Gasteiger partial charge in [-0.25, -0.2) is 5.43 Å². The van der Waals surface area contributed by atoms with Gasteiger partial charge in [0.05, 0.1) is 26.9 Å². The number of amides is 1. The highest BCUT2D eigenvalue weighted by Gasteiger charge is 2.08. The van der Waals surface area contributed by atoms with Gasteiger partial charge in [0.25, 0.3) is 0 Å². The predicted octanol–water partition coefficient (Wildman–Crippen LogP) is 4.42. The maximum atomic E-state index is 12.1. The van der Waals surface area contributed by atoms with Crippen molar-refractivity contribution in [2.24, 2.45) is 5.10 Å². The molecule has 6 nitrogen and oxygen atoms in total. The van der Waals surface area contributed by atoms with Crippen LogP contribution in [0.2, 0.25) is 0 Å². The highest BCUT2D eigenvalue weighted by atomic mass is 79.9. The van der Waals surface area contributed by atoms with Gasteiger partial charge in [0, 0.05) is 10.0 Å². The van der Waals surface area contributed by atoms with E-state index in [1.165, 1.54) is 6.21 Å². The first kappa shape index (κ1) is 19.7. The molecule has 2 aromatic carbocycles. The van der Waals surface area contributed by atoms with Gasteiger partial charge >= 0.3 is 0 Å². The average molecular weight is 443 g/mol. The van der Waals surface area contributed by atoms with Crippen LogP contribution >= 0.6 is 15.9 Å². The fourth-order valence-corrected chi connectivity index (χ4v) is 2.84. The maximum Gasteiger partial charge on any atom is 0.244 e. The Morgan fingerprint density at radius 3 is 2.54 bits per heavy atom. The normalized spacial score (nSPS) is 10.8. The third-order valence-electron chi connectivity index (χ3n) is 3.95. The number of hydrazone groups is 1. The number of methoxy groups -OCH3 is 2. The minimum Gasteiger partial charge on any atom is -0.493 e. The SMILES string of the molecule is COc1ccc(CC(=O)N/N=C\c2ccc(-c3ccc(Br)cc3)o2)cc1OC. The van der Waals surface area contributed by atoms with Crippen LogP contribution in [0.25, 0.3) is 11.3 Å². The topological polar surface area (TPSA) is 73.1 Å². The first-order valence-corrected chi connectivity index (χ1v) is 9.27. The zero-order chi connectivity index (χ0) is 19.9. The second-order valence-electron chi connectivity index (χ2n) is 5.87. The molecule has 0 radical (unpaired) electrons. The quantitative estimate of drug-likeness (QED) is 0.434. The van der Waals surface area contributed by atoms with E-state index in [2.05, 4.69) is 26.5 Å². The van der Waals surface area contributed by atoms with Crippen LogP contribution in [0, 0.1) is 0 Å². The molecule has 0 bridgehead atoms. The number of nitrogens with zero attached hydrogens (tertiary/aromatic N) is 1. The first-order chi connectivity index (χ1) is 13.6. The molecule has 0 unspecified atom stereocenters. The molecule has 1 heterocycles. The molecule has 0 saturated heterocycles. The highest BCUT2D eigenvalue weighted by Crippen LogP contribution is 2.27. The van der Waals surface area contributed by atoms with E-state index < -0.39 is 0 Å². The van der Waals surface area contributed by atoms with E-state index in [1.807, 2.05) is 36.4 Å². The molecule has 28 heavy (non-hydrogen) atoms. The second-order valence-corrected chi connectivity index (χ2v) is 6.78. The molecule has 0 fully saturated rings. The number of ether oxygens (including phenoxy) is 2. The Morgan fingerprint density at radius 1 is 1.07 bits per heavy atom. The fourth-order valence-electron chi connectivity index (χ4n) is 2.57. The Bertz CT molecular complexity index is 980. The lowest BCUT2D eigenvalue weighted by Gasteiger charge is -2.09. The molecule has 3 rings (SSSR count). The van der Waals surface area contributed by atoms with Crippen molar-refractivity contribution >= 4 is 28.1 Å². The maximum absolute atomic E-state index is 12.1. The van der Waals surface area contributed by atoms with E-state index in [0.717, 1.165) is 21.4 Å². The zero-order valence-corrected chi connectivity index (χ0v) is 17.0. The number of hydrogen-bond donors (Lipinski definition) is 1. The van der Waals surface area contributed by atoms with Crippen LogP contribution in [0.4, 0.5) is 0 Å². The molecule has 0 saturated carbocycles. The van der Waals surface area contributed by atoms with Crippen molar-refractivity contribution in [1.29, 1.82) is 0 Å². The van der Waals surface area contributed by atoms with Crippen LogP contribution < -0.4 is 14.9 Å². The fraction of sp³-hybridized carbons (Fsp3) is 0.143. The van der Waals surface area contributed by atoms with Crippen molar-refractivity contribution in [2.75, 3.05) is 14.2 Å². The van der Waals surface area contributed by atoms with Crippen molar-refractivity contribution in [3.63, 3.8) is 0 Å². The Balaban J connectivity index is 1.57. The Kier molecular flexibility index (Phi) is 6.49. The lowest BCUT2D eigenvalue weighted by molar-refractivity contribution is -0.120. The average Bonchev–Trinajstić information content (AvgIpc) is 3.17. The third kappa shape index (κ3) is 5.01. The van der Waals surface area contributed by atoms with Gasteiger partial charge in [0.1, 0.15) is 11.5 Å². The lowest BCUT2D eigenvalue weighted by Crippen LogP contribution is -2.19. The molecule has 1 aromatic heterocycles. The van der Waals surface area contributed by atoms with Gasteiger partial charge in [0.15, 0.2) is 11.5 Å². The summed E-state index contributed by atoms with van der Waals surface area (Å²) < 4.78 is 17.2. The van der Waals surface area contributed by atoms with Crippen LogP contribution in [-0.2, 0) is 11.2 Å². The number of rotatable bonds is 7. The summed E-state index contributed by atoms with van der Waals surface area (Å²) in [5.74, 6) is 2.22. The highest BCUT2D eigenvalue weighted by molar-refractivity contribution is 9.10. The number of halogens is 1. The van der Waals surface area contributed by atoms with Crippen LogP contribution in [-0.4, -0.2) is 26.3 Å². The minimum atomic E-state index is -0.247. The van der Waals surface area contributed by atoms with Crippen molar-refractivity contribution in [2.45, 2.75) is 6.42 Å². The van der Waals surface area contributed by atoms with Gasteiger partial charge in [-0.05, 0) is 42.0 Å². The van der Waals surface area contributed by atoms with Crippen molar-refractivity contribution in [3.05, 3.63) is 70.4 Å². The van der Waals surface area contributed by atoms with Gasteiger partial charge in [-0.1, -0.05) is 34.1 Å². The van der Waals surface area contributed by atoms with Gasteiger partial charge in [-0.3, -0.25) is 4.79 Å². The molecular weight excluding hydrogens is 424 g/mol. The lowest BCUT2D eigenvalue weighted by atomic mass is 10.1. The third-order valence-corrected chi connectivity index (χ3v) is 4.48. The van der Waals surface area contributed by atoms with E-state index >= 15 is 0 Å². The summed E-state index contributed by atoms with van der Waals surface area (Å²) in [5.41, 5.74) is 4.25. The number of nitrogens with one attached hydrogen (secondary N) is 1. The number of benzene rings is 2. The summed E-state index contributed by atoms with van der Waals surface area (Å²) in [4.78, 5) is 12.1. The zero-order valence-electron chi connectivity index (χ0n) is 15.4. The number of hydrogen-bond acceptors (Lipinski definition) is 5. The van der Waals surface area contributed by atoms with Crippen LogP contribution in [0.1, 0.15) is 11.3 Å². The van der Waals surface area contributed by atoms with Crippen LogP contribution in [0.3, 0.4) is 0 Å². The smallest absolute Gasteiger partial charge is 0.244 e. The van der Waals surface area contributed by atoms with Gasteiger partial charge in [-0.15, -0.1) is 0 Å². The summed E-state index contributed by atoms with van der Waals surface area (Å²) in [6, 6.07) is 16.8. The molecule has 0 aliphatic rings. The van der Waals surface area contributed by atoms with Gasteiger partial charge in [0.2, 0.25) is 5.91 Å².